The Bertz CT molecular complexity index is 1140. The number of carbonyl (C=O) groups excluding carboxylic acids is 1. The highest BCUT2D eigenvalue weighted by atomic mass is 16.5. The van der Waals surface area contributed by atoms with Crippen molar-refractivity contribution in [2.75, 3.05) is 20.8 Å². The van der Waals surface area contributed by atoms with E-state index in [9.17, 15) is 20.1 Å². The molecule has 5 N–H and O–H groups in total. The number of aromatic hydroxyl groups is 1. The number of methoxy groups -OCH3 is 2. The maximum absolute atomic E-state index is 12.8. The second-order valence-corrected chi connectivity index (χ2v) is 8.60. The van der Waals surface area contributed by atoms with Crippen molar-refractivity contribution in [2.45, 2.75) is 38.6 Å². The van der Waals surface area contributed by atoms with Gasteiger partial charge >= 0.3 is 0 Å². The Morgan fingerprint density at radius 3 is 2.36 bits per heavy atom. The van der Waals surface area contributed by atoms with Gasteiger partial charge in [-0.25, -0.2) is 0 Å². The lowest BCUT2D eigenvalue weighted by Gasteiger charge is -2.18. The van der Waals surface area contributed by atoms with Crippen molar-refractivity contribution in [1.82, 2.24) is 10.6 Å². The van der Waals surface area contributed by atoms with Gasteiger partial charge in [0.25, 0.3) is 5.91 Å². The van der Waals surface area contributed by atoms with Crippen LogP contribution in [0, 0.1) is 0 Å². The van der Waals surface area contributed by atoms with Crippen LogP contribution in [0.3, 0.4) is 0 Å². The van der Waals surface area contributed by atoms with Crippen LogP contribution >= 0.6 is 0 Å². The Morgan fingerprint density at radius 2 is 1.69 bits per heavy atom. The average Bonchev–Trinajstić information content (AvgIpc) is 2.90. The summed E-state index contributed by atoms with van der Waals surface area (Å²) in [6, 6.07) is 17.6. The van der Waals surface area contributed by atoms with Crippen molar-refractivity contribution < 1.29 is 29.6 Å². The van der Waals surface area contributed by atoms with Gasteiger partial charge in [-0.05, 0) is 60.9 Å². The zero-order chi connectivity index (χ0) is 26.1. The number of hydrogen-bond donors (Lipinski definition) is 5. The summed E-state index contributed by atoms with van der Waals surface area (Å²) >= 11 is 0. The van der Waals surface area contributed by atoms with Gasteiger partial charge in [0.1, 0.15) is 17.2 Å². The summed E-state index contributed by atoms with van der Waals surface area (Å²) in [5.41, 5.74) is 3.29. The second-order valence-electron chi connectivity index (χ2n) is 8.60. The molecule has 0 unspecified atom stereocenters. The minimum absolute atomic E-state index is 0.000684. The Hall–Kier alpha value is -3.59. The van der Waals surface area contributed by atoms with Crippen LogP contribution in [0.4, 0.5) is 0 Å². The molecule has 0 aromatic heterocycles. The van der Waals surface area contributed by atoms with E-state index in [2.05, 4.69) is 10.6 Å². The highest BCUT2D eigenvalue weighted by Crippen LogP contribution is 2.28. The fourth-order valence-electron chi connectivity index (χ4n) is 4.01. The van der Waals surface area contributed by atoms with Gasteiger partial charge in [0.05, 0.1) is 39.0 Å². The monoisotopic (exact) mass is 494 g/mol. The molecule has 2 atom stereocenters. The van der Waals surface area contributed by atoms with Crippen molar-refractivity contribution >= 4 is 5.91 Å². The van der Waals surface area contributed by atoms with Crippen LogP contribution in [0.25, 0.3) is 0 Å². The first-order valence-corrected chi connectivity index (χ1v) is 11.8. The first-order chi connectivity index (χ1) is 17.4. The van der Waals surface area contributed by atoms with E-state index in [1.54, 1.807) is 32.4 Å². The van der Waals surface area contributed by atoms with Gasteiger partial charge < -0.3 is 35.4 Å². The van der Waals surface area contributed by atoms with E-state index in [-0.39, 0.29) is 30.9 Å². The molecule has 192 valence electrons. The molecule has 3 aromatic carbocycles. The number of aliphatic hydroxyl groups excluding tert-OH is 2. The summed E-state index contributed by atoms with van der Waals surface area (Å²) in [7, 11) is 3.16. The largest absolute Gasteiger partial charge is 0.508 e. The van der Waals surface area contributed by atoms with E-state index in [4.69, 9.17) is 9.47 Å². The van der Waals surface area contributed by atoms with Gasteiger partial charge in [0.2, 0.25) is 0 Å². The van der Waals surface area contributed by atoms with Crippen molar-refractivity contribution in [3.8, 4) is 17.2 Å². The minimum Gasteiger partial charge on any atom is -0.508 e. The molecule has 0 heterocycles. The topological polar surface area (TPSA) is 120 Å². The number of ether oxygens (including phenoxy) is 2. The van der Waals surface area contributed by atoms with Crippen LogP contribution in [0.15, 0.2) is 60.7 Å². The molecule has 0 aliphatic heterocycles. The van der Waals surface area contributed by atoms with E-state index in [0.29, 0.717) is 41.2 Å². The SMILES string of the molecule is COc1cccc(OC)c1CNC(=O)c1cccc(C[C@@H](C)NC[C@@H](O)c2ccc(O)c(CO)c2)c1. The van der Waals surface area contributed by atoms with Crippen LogP contribution in [0.2, 0.25) is 0 Å². The summed E-state index contributed by atoms with van der Waals surface area (Å²) in [5, 5.41) is 35.7. The molecular weight excluding hydrogens is 460 g/mol. The van der Waals surface area contributed by atoms with Gasteiger partial charge in [-0.1, -0.05) is 24.3 Å². The lowest BCUT2D eigenvalue weighted by Crippen LogP contribution is -2.32. The van der Waals surface area contributed by atoms with Crippen LogP contribution in [0.5, 0.6) is 17.2 Å². The highest BCUT2D eigenvalue weighted by molar-refractivity contribution is 5.94. The highest BCUT2D eigenvalue weighted by Gasteiger charge is 2.15. The van der Waals surface area contributed by atoms with Crippen LogP contribution in [-0.4, -0.2) is 48.0 Å². The molecule has 0 spiro atoms. The number of aliphatic hydroxyl groups is 2. The third kappa shape index (κ3) is 6.97. The predicted octanol–water partition coefficient (Wildman–Crippen LogP) is 3.09. The van der Waals surface area contributed by atoms with Gasteiger partial charge in [0, 0.05) is 23.7 Å². The van der Waals surface area contributed by atoms with Crippen LogP contribution < -0.4 is 20.1 Å². The standard InChI is InChI=1S/C28H34N2O6/c1-18(29-16-25(33)20-10-11-24(32)22(14-20)17-31)12-19-6-4-7-21(13-19)28(34)30-15-23-26(35-2)8-5-9-27(23)36-3/h4-11,13-14,18,25,29,31-33H,12,15-17H2,1-3H3,(H,30,34)/t18-,25-/m1/s1. The molecule has 36 heavy (non-hydrogen) atoms. The smallest absolute Gasteiger partial charge is 0.251 e. The lowest BCUT2D eigenvalue weighted by atomic mass is 10.0. The Balaban J connectivity index is 1.56. The summed E-state index contributed by atoms with van der Waals surface area (Å²) in [5.74, 6) is 1.09. The maximum atomic E-state index is 12.8. The van der Waals surface area contributed by atoms with Crippen molar-refractivity contribution in [3.05, 3.63) is 88.5 Å². The maximum Gasteiger partial charge on any atom is 0.251 e. The van der Waals surface area contributed by atoms with Gasteiger partial charge in [-0.2, -0.15) is 0 Å². The number of nitrogens with one attached hydrogen (secondary N) is 2. The van der Waals surface area contributed by atoms with E-state index in [1.165, 1.54) is 6.07 Å². The fourth-order valence-corrected chi connectivity index (χ4v) is 4.01. The average molecular weight is 495 g/mol. The van der Waals surface area contributed by atoms with Crippen molar-refractivity contribution in [1.29, 1.82) is 0 Å². The number of phenols is 1. The molecule has 0 saturated carbocycles. The predicted molar refractivity (Wildman–Crippen MR) is 137 cm³/mol. The number of hydrogen-bond acceptors (Lipinski definition) is 7. The quantitative estimate of drug-likeness (QED) is 0.262. The third-order valence-corrected chi connectivity index (χ3v) is 6.01. The third-order valence-electron chi connectivity index (χ3n) is 6.01. The van der Waals surface area contributed by atoms with Crippen molar-refractivity contribution in [3.63, 3.8) is 0 Å². The molecule has 0 aliphatic carbocycles. The first kappa shape index (κ1) is 27.0. The molecule has 0 fully saturated rings. The van der Waals surface area contributed by atoms with Crippen LogP contribution in [0.1, 0.15) is 45.6 Å². The van der Waals surface area contributed by atoms with E-state index < -0.39 is 6.10 Å². The summed E-state index contributed by atoms with van der Waals surface area (Å²) < 4.78 is 10.8. The molecule has 0 radical (unpaired) electrons. The lowest BCUT2D eigenvalue weighted by molar-refractivity contribution is 0.0950. The number of rotatable bonds is 12. The van der Waals surface area contributed by atoms with Crippen molar-refractivity contribution in [2.24, 2.45) is 0 Å². The van der Waals surface area contributed by atoms with Gasteiger partial charge in [0.15, 0.2) is 0 Å². The first-order valence-electron chi connectivity index (χ1n) is 11.8. The Labute approximate surface area is 211 Å². The summed E-state index contributed by atoms with van der Waals surface area (Å²) in [6.45, 7) is 2.27. The molecule has 3 rings (SSSR count). The number of carbonyl (C=O) groups is 1. The Morgan fingerprint density at radius 1 is 1.00 bits per heavy atom. The molecule has 1 amide bonds. The summed E-state index contributed by atoms with van der Waals surface area (Å²) in [6.07, 6.45) is -0.131. The zero-order valence-electron chi connectivity index (χ0n) is 20.8. The fraction of sp³-hybridized carbons (Fsp3) is 0.321. The van der Waals surface area contributed by atoms with Crippen LogP contribution in [-0.2, 0) is 19.6 Å². The van der Waals surface area contributed by atoms with Gasteiger partial charge in [-0.15, -0.1) is 0 Å². The molecule has 8 heteroatoms. The molecule has 3 aromatic rings. The minimum atomic E-state index is -0.789. The van der Waals surface area contributed by atoms with Gasteiger partial charge in [-0.3, -0.25) is 4.79 Å². The Kier molecular flexibility index (Phi) is 9.69. The number of benzene rings is 3. The molecule has 0 bridgehead atoms. The second kappa shape index (κ2) is 12.9. The molecule has 8 nitrogen and oxygen atoms in total. The number of amides is 1. The molecule has 0 saturated heterocycles. The van der Waals surface area contributed by atoms with E-state index >= 15 is 0 Å². The van der Waals surface area contributed by atoms with E-state index in [0.717, 1.165) is 11.1 Å². The molecular formula is C28H34N2O6. The van der Waals surface area contributed by atoms with E-state index in [1.807, 2.05) is 43.3 Å². The normalized spacial score (nSPS) is 12.6. The zero-order valence-corrected chi connectivity index (χ0v) is 20.8. The molecule has 0 aliphatic rings. The summed E-state index contributed by atoms with van der Waals surface area (Å²) in [4.78, 5) is 12.8.